The minimum Gasteiger partial charge on any atom is -0.495 e. The molecule has 1 aliphatic carbocycles. The summed E-state index contributed by atoms with van der Waals surface area (Å²) in [5.74, 6) is 0.930. The van der Waals surface area contributed by atoms with Gasteiger partial charge in [-0.15, -0.1) is 10.2 Å². The first-order valence-corrected chi connectivity index (χ1v) is 10.5. The molecule has 1 aromatic heterocycles. The summed E-state index contributed by atoms with van der Waals surface area (Å²) < 4.78 is 7.35. The standard InChI is InChI=1S/C19H25N5O4S/c1-12(18(25)20-16-11-15(24(26)27)9-10-17(16)28-3)29-19-22-21-13(2)23(19)14-7-5-4-6-8-14/h9-12,14H,4-8H2,1-3H3,(H,20,25). The molecule has 1 unspecified atom stereocenters. The molecule has 2 aromatic rings. The third kappa shape index (κ3) is 4.87. The van der Waals surface area contributed by atoms with Crippen LogP contribution < -0.4 is 10.1 Å². The summed E-state index contributed by atoms with van der Waals surface area (Å²) in [6.07, 6.45) is 5.82. The number of nitro benzene ring substituents is 1. The lowest BCUT2D eigenvalue weighted by atomic mass is 9.95. The molecule has 0 aliphatic heterocycles. The van der Waals surface area contributed by atoms with Crippen molar-refractivity contribution >= 4 is 29.0 Å². The van der Waals surface area contributed by atoms with Crippen molar-refractivity contribution in [2.24, 2.45) is 0 Å². The maximum atomic E-state index is 12.7. The Labute approximate surface area is 173 Å². The maximum Gasteiger partial charge on any atom is 0.271 e. The second-order valence-corrected chi connectivity index (χ2v) is 8.39. The smallest absolute Gasteiger partial charge is 0.271 e. The molecule has 10 heteroatoms. The van der Waals surface area contributed by atoms with Crippen LogP contribution in [0.2, 0.25) is 0 Å². The molecule has 1 heterocycles. The number of anilines is 1. The van der Waals surface area contributed by atoms with Crippen LogP contribution in [0.5, 0.6) is 5.75 Å². The Balaban J connectivity index is 1.74. The van der Waals surface area contributed by atoms with Crippen LogP contribution in [0.25, 0.3) is 0 Å². The van der Waals surface area contributed by atoms with Gasteiger partial charge in [0.05, 0.1) is 23.0 Å². The van der Waals surface area contributed by atoms with Gasteiger partial charge in [0.1, 0.15) is 11.6 Å². The molecule has 9 nitrogen and oxygen atoms in total. The Bertz CT molecular complexity index is 895. The number of non-ortho nitro benzene ring substituents is 1. The largest absolute Gasteiger partial charge is 0.495 e. The fourth-order valence-corrected chi connectivity index (χ4v) is 4.51. The van der Waals surface area contributed by atoms with E-state index < -0.39 is 10.2 Å². The Morgan fingerprint density at radius 3 is 2.72 bits per heavy atom. The highest BCUT2D eigenvalue weighted by atomic mass is 32.2. The highest BCUT2D eigenvalue weighted by Crippen LogP contribution is 2.34. The van der Waals surface area contributed by atoms with Crippen LogP contribution in [0.3, 0.4) is 0 Å². The number of hydrogen-bond donors (Lipinski definition) is 1. The number of aryl methyl sites for hydroxylation is 1. The molecule has 1 aromatic carbocycles. The summed E-state index contributed by atoms with van der Waals surface area (Å²) in [4.78, 5) is 23.3. The molecule has 156 valence electrons. The highest BCUT2D eigenvalue weighted by molar-refractivity contribution is 8.00. The molecule has 1 atom stereocenters. The third-order valence-electron chi connectivity index (χ3n) is 5.08. The summed E-state index contributed by atoms with van der Waals surface area (Å²) in [7, 11) is 1.45. The molecule has 0 saturated heterocycles. The molecule has 29 heavy (non-hydrogen) atoms. The first-order chi connectivity index (χ1) is 13.9. The van der Waals surface area contributed by atoms with Gasteiger partial charge >= 0.3 is 0 Å². The lowest BCUT2D eigenvalue weighted by molar-refractivity contribution is -0.384. The lowest BCUT2D eigenvalue weighted by Crippen LogP contribution is -2.24. The Kier molecular flexibility index (Phi) is 6.73. The van der Waals surface area contributed by atoms with Gasteiger partial charge in [-0.1, -0.05) is 31.0 Å². The SMILES string of the molecule is COc1ccc([N+](=O)[O-])cc1NC(=O)C(C)Sc1nnc(C)n1C1CCCCC1. The summed E-state index contributed by atoms with van der Waals surface area (Å²) >= 11 is 1.34. The lowest BCUT2D eigenvalue weighted by Gasteiger charge is -2.25. The van der Waals surface area contributed by atoms with E-state index in [0.717, 1.165) is 23.8 Å². The molecule has 3 rings (SSSR count). The zero-order chi connectivity index (χ0) is 21.0. The van der Waals surface area contributed by atoms with Crippen LogP contribution in [0.4, 0.5) is 11.4 Å². The number of amides is 1. The van der Waals surface area contributed by atoms with Crippen molar-refractivity contribution in [3.8, 4) is 5.75 Å². The van der Waals surface area contributed by atoms with Gasteiger partial charge in [-0.3, -0.25) is 14.9 Å². The molecule has 0 bridgehead atoms. The Morgan fingerprint density at radius 2 is 2.07 bits per heavy atom. The number of hydrogen-bond acceptors (Lipinski definition) is 7. The molecule has 1 N–H and O–H groups in total. The summed E-state index contributed by atoms with van der Waals surface area (Å²) in [5, 5.41) is 22.5. The van der Waals surface area contributed by atoms with Crippen LogP contribution in [-0.2, 0) is 4.79 Å². The minimum atomic E-state index is -0.511. The van der Waals surface area contributed by atoms with Gasteiger partial charge in [-0.05, 0) is 32.8 Å². The fraction of sp³-hybridized carbons (Fsp3) is 0.526. The number of carbonyl (C=O) groups excluding carboxylic acids is 1. The molecule has 1 fully saturated rings. The van der Waals surface area contributed by atoms with E-state index in [2.05, 4.69) is 20.1 Å². The van der Waals surface area contributed by atoms with Gasteiger partial charge in [-0.25, -0.2) is 0 Å². The average molecular weight is 420 g/mol. The topological polar surface area (TPSA) is 112 Å². The molecule has 1 amide bonds. The first kappa shape index (κ1) is 21.1. The molecule has 0 radical (unpaired) electrons. The molecular formula is C19H25N5O4S. The van der Waals surface area contributed by atoms with Crippen molar-refractivity contribution in [1.82, 2.24) is 14.8 Å². The van der Waals surface area contributed by atoms with E-state index >= 15 is 0 Å². The molecule has 1 aliphatic rings. The number of nitrogens with zero attached hydrogens (tertiary/aromatic N) is 4. The average Bonchev–Trinajstić information content (AvgIpc) is 3.08. The zero-order valence-electron chi connectivity index (χ0n) is 16.8. The summed E-state index contributed by atoms with van der Waals surface area (Å²) in [5.41, 5.74) is 0.151. The third-order valence-corrected chi connectivity index (χ3v) is 6.13. The quantitative estimate of drug-likeness (QED) is 0.408. The fourth-order valence-electron chi connectivity index (χ4n) is 3.54. The van der Waals surface area contributed by atoms with Gasteiger partial charge in [-0.2, -0.15) is 0 Å². The number of nitrogens with one attached hydrogen (secondary N) is 1. The van der Waals surface area contributed by atoms with Crippen molar-refractivity contribution in [1.29, 1.82) is 0 Å². The first-order valence-electron chi connectivity index (χ1n) is 9.62. The molecule has 1 saturated carbocycles. The normalized spacial score (nSPS) is 15.7. The van der Waals surface area contributed by atoms with Gasteiger partial charge in [0.15, 0.2) is 5.16 Å². The van der Waals surface area contributed by atoms with Crippen LogP contribution in [-0.4, -0.2) is 38.0 Å². The van der Waals surface area contributed by atoms with Crippen LogP contribution in [0.15, 0.2) is 23.4 Å². The maximum absolute atomic E-state index is 12.7. The Morgan fingerprint density at radius 1 is 1.34 bits per heavy atom. The van der Waals surface area contributed by atoms with E-state index in [9.17, 15) is 14.9 Å². The summed E-state index contributed by atoms with van der Waals surface area (Å²) in [6, 6.07) is 4.47. The second kappa shape index (κ2) is 9.25. The Hall–Kier alpha value is -2.62. The monoisotopic (exact) mass is 419 g/mol. The van der Waals surface area contributed by atoms with E-state index in [4.69, 9.17) is 4.74 Å². The van der Waals surface area contributed by atoms with E-state index in [1.54, 1.807) is 6.92 Å². The van der Waals surface area contributed by atoms with Crippen LogP contribution in [0.1, 0.15) is 50.9 Å². The minimum absolute atomic E-state index is 0.117. The number of ether oxygens (including phenoxy) is 1. The van der Waals surface area contributed by atoms with E-state index in [1.165, 1.54) is 56.3 Å². The van der Waals surface area contributed by atoms with E-state index in [0.29, 0.717) is 11.8 Å². The predicted molar refractivity (Wildman–Crippen MR) is 110 cm³/mol. The predicted octanol–water partition coefficient (Wildman–Crippen LogP) is 4.13. The second-order valence-electron chi connectivity index (χ2n) is 7.08. The number of nitro groups is 1. The van der Waals surface area contributed by atoms with Crippen molar-refractivity contribution in [2.75, 3.05) is 12.4 Å². The van der Waals surface area contributed by atoms with Crippen molar-refractivity contribution < 1.29 is 14.5 Å². The number of benzene rings is 1. The summed E-state index contributed by atoms with van der Waals surface area (Å²) in [6.45, 7) is 3.71. The van der Waals surface area contributed by atoms with Crippen molar-refractivity contribution in [3.05, 3.63) is 34.1 Å². The van der Waals surface area contributed by atoms with Gasteiger partial charge < -0.3 is 14.6 Å². The number of rotatable bonds is 7. The number of methoxy groups -OCH3 is 1. The van der Waals surface area contributed by atoms with Crippen molar-refractivity contribution in [2.45, 2.75) is 62.4 Å². The van der Waals surface area contributed by atoms with Gasteiger partial charge in [0.2, 0.25) is 5.91 Å². The van der Waals surface area contributed by atoms with Gasteiger partial charge in [0, 0.05) is 18.2 Å². The number of aromatic nitrogens is 3. The number of carbonyl (C=O) groups is 1. The van der Waals surface area contributed by atoms with Crippen LogP contribution in [0, 0.1) is 17.0 Å². The molecular weight excluding hydrogens is 394 g/mol. The van der Waals surface area contributed by atoms with E-state index in [1.807, 2.05) is 6.92 Å². The van der Waals surface area contributed by atoms with E-state index in [-0.39, 0.29) is 17.3 Å². The van der Waals surface area contributed by atoms with Crippen LogP contribution >= 0.6 is 11.8 Å². The zero-order valence-corrected chi connectivity index (χ0v) is 17.6. The van der Waals surface area contributed by atoms with Crippen molar-refractivity contribution in [3.63, 3.8) is 0 Å². The highest BCUT2D eigenvalue weighted by Gasteiger charge is 2.25. The van der Waals surface area contributed by atoms with Gasteiger partial charge in [0.25, 0.3) is 5.69 Å². The molecule has 0 spiro atoms. The number of thioether (sulfide) groups is 1.